The predicted molar refractivity (Wildman–Crippen MR) is 94.1 cm³/mol. The van der Waals surface area contributed by atoms with Crippen molar-refractivity contribution in [2.75, 3.05) is 19.7 Å². The van der Waals surface area contributed by atoms with Gasteiger partial charge in [-0.05, 0) is 36.1 Å². The summed E-state index contributed by atoms with van der Waals surface area (Å²) in [5, 5.41) is 0.706. The molecule has 0 N–H and O–H groups in total. The van der Waals surface area contributed by atoms with Crippen LogP contribution >= 0.6 is 11.6 Å². The van der Waals surface area contributed by atoms with Crippen molar-refractivity contribution in [1.29, 1.82) is 0 Å². The van der Waals surface area contributed by atoms with Crippen molar-refractivity contribution >= 4 is 17.5 Å². The van der Waals surface area contributed by atoms with E-state index in [0.717, 1.165) is 24.0 Å². The molecule has 1 unspecified atom stereocenters. The Morgan fingerprint density at radius 3 is 2.46 bits per heavy atom. The normalized spacial score (nSPS) is 22.2. The minimum atomic E-state index is -0.344. The molecule has 4 rings (SSSR count). The van der Waals surface area contributed by atoms with Crippen molar-refractivity contribution in [3.05, 3.63) is 70.7 Å². The van der Waals surface area contributed by atoms with Crippen molar-refractivity contribution in [2.24, 2.45) is 0 Å². The number of carbonyl (C=O) groups is 1. The molecule has 1 atom stereocenters. The van der Waals surface area contributed by atoms with Gasteiger partial charge in [0.2, 0.25) is 5.91 Å². The second kappa shape index (κ2) is 6.23. The number of nitrogens with zero attached hydrogens (tertiary/aromatic N) is 1. The fourth-order valence-electron chi connectivity index (χ4n) is 3.53. The summed E-state index contributed by atoms with van der Waals surface area (Å²) in [6.45, 7) is 1.87. The van der Waals surface area contributed by atoms with Crippen LogP contribution in [0.5, 0.6) is 0 Å². The van der Waals surface area contributed by atoms with Gasteiger partial charge in [0, 0.05) is 11.6 Å². The van der Waals surface area contributed by atoms with Crippen molar-refractivity contribution in [2.45, 2.75) is 24.4 Å². The SMILES string of the molecule is O=C(N1CCOC(c2ccccc2)C1)C1(c2ccc(Cl)cc2)CC1. The molecule has 2 aromatic carbocycles. The van der Waals surface area contributed by atoms with E-state index in [-0.39, 0.29) is 17.4 Å². The highest BCUT2D eigenvalue weighted by Crippen LogP contribution is 2.50. The highest BCUT2D eigenvalue weighted by atomic mass is 35.5. The average molecular weight is 342 g/mol. The lowest BCUT2D eigenvalue weighted by Gasteiger charge is -2.35. The Balaban J connectivity index is 1.53. The van der Waals surface area contributed by atoms with Gasteiger partial charge in [0.1, 0.15) is 6.10 Å². The van der Waals surface area contributed by atoms with Gasteiger partial charge in [0.25, 0.3) is 0 Å². The average Bonchev–Trinajstić information content (AvgIpc) is 3.44. The van der Waals surface area contributed by atoms with Gasteiger partial charge in [-0.2, -0.15) is 0 Å². The number of ether oxygens (including phenoxy) is 1. The van der Waals surface area contributed by atoms with Gasteiger partial charge in [0.05, 0.1) is 18.6 Å². The first-order valence-electron chi connectivity index (χ1n) is 8.41. The van der Waals surface area contributed by atoms with Crippen LogP contribution in [0.3, 0.4) is 0 Å². The molecule has 1 heterocycles. The molecular weight excluding hydrogens is 322 g/mol. The molecule has 2 aliphatic rings. The molecule has 0 bridgehead atoms. The summed E-state index contributed by atoms with van der Waals surface area (Å²) in [4.78, 5) is 15.2. The van der Waals surface area contributed by atoms with E-state index in [4.69, 9.17) is 16.3 Å². The fraction of sp³-hybridized carbons (Fsp3) is 0.350. The number of carbonyl (C=O) groups excluding carboxylic acids is 1. The monoisotopic (exact) mass is 341 g/mol. The fourth-order valence-corrected chi connectivity index (χ4v) is 3.65. The highest BCUT2D eigenvalue weighted by Gasteiger charge is 2.53. The summed E-state index contributed by atoms with van der Waals surface area (Å²) >= 11 is 5.99. The zero-order valence-electron chi connectivity index (χ0n) is 13.5. The van der Waals surface area contributed by atoms with Crippen LogP contribution in [0.15, 0.2) is 54.6 Å². The van der Waals surface area contributed by atoms with Crippen LogP contribution in [0.2, 0.25) is 5.02 Å². The summed E-state index contributed by atoms with van der Waals surface area (Å²) in [6, 6.07) is 17.9. The number of rotatable bonds is 3. The van der Waals surface area contributed by atoms with E-state index in [2.05, 4.69) is 12.1 Å². The maximum atomic E-state index is 13.2. The van der Waals surface area contributed by atoms with Gasteiger partial charge < -0.3 is 9.64 Å². The van der Waals surface area contributed by atoms with E-state index >= 15 is 0 Å². The van der Waals surface area contributed by atoms with Gasteiger partial charge in [-0.1, -0.05) is 54.1 Å². The van der Waals surface area contributed by atoms with Crippen molar-refractivity contribution < 1.29 is 9.53 Å². The lowest BCUT2D eigenvalue weighted by Crippen LogP contribution is -2.46. The molecule has 1 saturated heterocycles. The van der Waals surface area contributed by atoms with Crippen molar-refractivity contribution in [3.63, 3.8) is 0 Å². The lowest BCUT2D eigenvalue weighted by molar-refractivity contribution is -0.141. The second-order valence-electron chi connectivity index (χ2n) is 6.61. The van der Waals surface area contributed by atoms with E-state index in [9.17, 15) is 4.79 Å². The van der Waals surface area contributed by atoms with Crippen LogP contribution in [0.4, 0.5) is 0 Å². The molecule has 24 heavy (non-hydrogen) atoms. The number of hydrogen-bond donors (Lipinski definition) is 0. The van der Waals surface area contributed by atoms with E-state index < -0.39 is 0 Å². The maximum absolute atomic E-state index is 13.2. The van der Waals surface area contributed by atoms with Crippen LogP contribution in [0, 0.1) is 0 Å². The molecule has 0 spiro atoms. The molecule has 0 aromatic heterocycles. The van der Waals surface area contributed by atoms with Crippen LogP contribution in [-0.2, 0) is 14.9 Å². The van der Waals surface area contributed by atoms with Crippen molar-refractivity contribution in [3.8, 4) is 0 Å². The summed E-state index contributed by atoms with van der Waals surface area (Å²) < 4.78 is 5.89. The number of amides is 1. The van der Waals surface area contributed by atoms with E-state index in [0.29, 0.717) is 24.7 Å². The standard InChI is InChI=1S/C20H20ClNO2/c21-17-8-6-16(7-9-17)20(10-11-20)19(23)22-12-13-24-18(14-22)15-4-2-1-3-5-15/h1-9,18H,10-14H2. The number of benzene rings is 2. The molecule has 1 saturated carbocycles. The van der Waals surface area contributed by atoms with E-state index in [1.54, 1.807) is 0 Å². The molecule has 124 valence electrons. The Morgan fingerprint density at radius 2 is 1.79 bits per heavy atom. The first kappa shape index (κ1) is 15.7. The molecular formula is C20H20ClNO2. The Labute approximate surface area is 147 Å². The molecule has 3 nitrogen and oxygen atoms in total. The summed E-state index contributed by atoms with van der Waals surface area (Å²) in [5.41, 5.74) is 1.87. The topological polar surface area (TPSA) is 29.5 Å². The third-order valence-corrected chi connectivity index (χ3v) is 5.33. The summed E-state index contributed by atoms with van der Waals surface area (Å²) in [7, 11) is 0. The Bertz CT molecular complexity index is 725. The molecule has 1 aliphatic heterocycles. The lowest BCUT2D eigenvalue weighted by atomic mass is 9.93. The molecule has 1 amide bonds. The molecule has 1 aliphatic carbocycles. The van der Waals surface area contributed by atoms with Gasteiger partial charge in [-0.3, -0.25) is 4.79 Å². The number of halogens is 1. The highest BCUT2D eigenvalue weighted by molar-refractivity contribution is 6.30. The smallest absolute Gasteiger partial charge is 0.233 e. The van der Waals surface area contributed by atoms with Gasteiger partial charge in [-0.25, -0.2) is 0 Å². The zero-order chi connectivity index (χ0) is 16.6. The number of morpholine rings is 1. The third-order valence-electron chi connectivity index (χ3n) is 5.08. The minimum absolute atomic E-state index is 0.0371. The molecule has 2 fully saturated rings. The Hall–Kier alpha value is -1.84. The van der Waals surface area contributed by atoms with E-state index in [1.165, 1.54) is 0 Å². The summed E-state index contributed by atoms with van der Waals surface area (Å²) in [6.07, 6.45) is 1.80. The summed E-state index contributed by atoms with van der Waals surface area (Å²) in [5.74, 6) is 0.231. The van der Waals surface area contributed by atoms with Crippen LogP contribution in [-0.4, -0.2) is 30.5 Å². The van der Waals surface area contributed by atoms with Crippen LogP contribution in [0.25, 0.3) is 0 Å². The molecule has 2 aromatic rings. The van der Waals surface area contributed by atoms with Crippen molar-refractivity contribution in [1.82, 2.24) is 4.90 Å². The van der Waals surface area contributed by atoms with Gasteiger partial charge in [0.15, 0.2) is 0 Å². The first-order valence-corrected chi connectivity index (χ1v) is 8.79. The minimum Gasteiger partial charge on any atom is -0.370 e. The number of hydrogen-bond acceptors (Lipinski definition) is 2. The van der Waals surface area contributed by atoms with E-state index in [1.807, 2.05) is 47.4 Å². The predicted octanol–water partition coefficient (Wildman–Crippen LogP) is 3.97. The second-order valence-corrected chi connectivity index (χ2v) is 7.05. The Morgan fingerprint density at radius 1 is 1.08 bits per heavy atom. The largest absolute Gasteiger partial charge is 0.370 e. The first-order chi connectivity index (χ1) is 11.7. The quantitative estimate of drug-likeness (QED) is 0.845. The zero-order valence-corrected chi connectivity index (χ0v) is 14.2. The maximum Gasteiger partial charge on any atom is 0.233 e. The van der Waals surface area contributed by atoms with Crippen LogP contribution in [0.1, 0.15) is 30.1 Å². The third kappa shape index (κ3) is 2.83. The van der Waals surface area contributed by atoms with Gasteiger partial charge in [-0.15, -0.1) is 0 Å². The van der Waals surface area contributed by atoms with Gasteiger partial charge >= 0.3 is 0 Å². The Kier molecular flexibility index (Phi) is 4.07. The van der Waals surface area contributed by atoms with Crippen LogP contribution < -0.4 is 0 Å². The molecule has 0 radical (unpaired) electrons. The molecule has 4 heteroatoms.